The van der Waals surface area contributed by atoms with Crippen LogP contribution in [0.4, 0.5) is 0 Å². The second-order valence-electron chi connectivity index (χ2n) is 9.25. The Kier molecular flexibility index (Phi) is 14.1. The van der Waals surface area contributed by atoms with E-state index in [0.717, 1.165) is 38.5 Å². The lowest BCUT2D eigenvalue weighted by molar-refractivity contribution is 0.0646. The van der Waals surface area contributed by atoms with Gasteiger partial charge in [0.25, 0.3) is 0 Å². The fourth-order valence-electron chi connectivity index (χ4n) is 4.23. The molecule has 0 aliphatic heterocycles. The Hall–Kier alpha value is -3.02. The van der Waals surface area contributed by atoms with Gasteiger partial charge in [0.15, 0.2) is 11.5 Å². The van der Waals surface area contributed by atoms with Crippen molar-refractivity contribution in [3.05, 3.63) is 59.2 Å². The summed E-state index contributed by atoms with van der Waals surface area (Å²) < 4.78 is 11.7. The third-order valence-corrected chi connectivity index (χ3v) is 6.27. The van der Waals surface area contributed by atoms with E-state index in [1.165, 1.54) is 62.6 Å². The molecule has 0 unspecified atom stereocenters. The molecule has 0 saturated heterocycles. The molecule has 0 fully saturated rings. The number of ether oxygens (including phenoxy) is 2. The van der Waals surface area contributed by atoms with Crippen molar-refractivity contribution < 1.29 is 29.3 Å². The number of carboxylic acids is 2. The maximum atomic E-state index is 11.9. The van der Waals surface area contributed by atoms with Gasteiger partial charge in [-0.15, -0.1) is 0 Å². The van der Waals surface area contributed by atoms with Crippen LogP contribution in [0.15, 0.2) is 42.5 Å². The molecule has 0 saturated carbocycles. The van der Waals surface area contributed by atoms with Gasteiger partial charge in [0.2, 0.25) is 0 Å². The maximum absolute atomic E-state index is 11.9. The van der Waals surface area contributed by atoms with Crippen molar-refractivity contribution in [2.24, 2.45) is 0 Å². The second-order valence-corrected chi connectivity index (χ2v) is 9.25. The van der Waals surface area contributed by atoms with E-state index in [0.29, 0.717) is 13.2 Å². The molecule has 0 aliphatic rings. The van der Waals surface area contributed by atoms with E-state index in [1.807, 2.05) is 18.2 Å². The van der Waals surface area contributed by atoms with Crippen molar-refractivity contribution in [1.29, 1.82) is 0 Å². The first-order valence-corrected chi connectivity index (χ1v) is 13.5. The Balaban J connectivity index is 1.86. The van der Waals surface area contributed by atoms with Crippen molar-refractivity contribution in [1.82, 2.24) is 0 Å². The largest absolute Gasteiger partial charge is 0.490 e. The molecule has 6 heteroatoms. The summed E-state index contributed by atoms with van der Waals surface area (Å²) in [7, 11) is 0. The van der Waals surface area contributed by atoms with Crippen LogP contribution in [0, 0.1) is 0 Å². The molecule has 0 spiro atoms. The topological polar surface area (TPSA) is 93.1 Å². The normalized spacial score (nSPS) is 10.8. The lowest BCUT2D eigenvalue weighted by Gasteiger charge is -2.16. The number of hydrogen-bond donors (Lipinski definition) is 2. The molecule has 2 N–H and O–H groups in total. The molecule has 2 aromatic rings. The first kappa shape index (κ1) is 29.2. The third kappa shape index (κ3) is 10.7. The van der Waals surface area contributed by atoms with E-state index in [-0.39, 0.29) is 22.6 Å². The Morgan fingerprint density at radius 3 is 1.86 bits per heavy atom. The van der Waals surface area contributed by atoms with Gasteiger partial charge in [-0.3, -0.25) is 0 Å². The summed E-state index contributed by atoms with van der Waals surface area (Å²) >= 11 is 0. The van der Waals surface area contributed by atoms with Gasteiger partial charge >= 0.3 is 11.9 Å². The molecule has 0 aliphatic carbocycles. The van der Waals surface area contributed by atoms with Crippen LogP contribution in [0.1, 0.15) is 110 Å². The summed E-state index contributed by atoms with van der Waals surface area (Å²) in [5, 5.41) is 19.2. The molecule has 198 valence electrons. The highest BCUT2D eigenvalue weighted by Crippen LogP contribution is 2.35. The molecule has 2 aromatic carbocycles. The van der Waals surface area contributed by atoms with Crippen LogP contribution < -0.4 is 9.47 Å². The van der Waals surface area contributed by atoms with E-state index in [4.69, 9.17) is 9.47 Å². The van der Waals surface area contributed by atoms with Gasteiger partial charge in [0.1, 0.15) is 5.56 Å². The number of carbonyl (C=O) groups is 2. The number of unbranched alkanes of at least 4 members (excludes halogenated alkanes) is 10. The maximum Gasteiger partial charge on any atom is 0.340 e. The van der Waals surface area contributed by atoms with Crippen molar-refractivity contribution >= 4 is 11.9 Å². The lowest BCUT2D eigenvalue weighted by atomic mass is 10.1. The lowest BCUT2D eigenvalue weighted by Crippen LogP contribution is -2.13. The average molecular weight is 499 g/mol. The van der Waals surface area contributed by atoms with Gasteiger partial charge in [0, 0.05) is 0 Å². The van der Waals surface area contributed by atoms with Crippen molar-refractivity contribution in [2.75, 3.05) is 13.2 Å². The van der Waals surface area contributed by atoms with Crippen LogP contribution in [-0.2, 0) is 6.42 Å². The van der Waals surface area contributed by atoms with Gasteiger partial charge in [-0.25, -0.2) is 9.59 Å². The summed E-state index contributed by atoms with van der Waals surface area (Å²) in [6.45, 7) is 2.94. The summed E-state index contributed by atoms with van der Waals surface area (Å²) in [4.78, 5) is 23.6. The molecule has 0 aromatic heterocycles. The predicted molar refractivity (Wildman–Crippen MR) is 143 cm³/mol. The Bertz CT molecular complexity index is 909. The zero-order valence-electron chi connectivity index (χ0n) is 21.7. The van der Waals surface area contributed by atoms with E-state index in [1.54, 1.807) is 0 Å². The Labute approximate surface area is 215 Å². The third-order valence-electron chi connectivity index (χ3n) is 6.27. The smallest absolute Gasteiger partial charge is 0.340 e. The number of hydrogen-bond acceptors (Lipinski definition) is 4. The van der Waals surface area contributed by atoms with E-state index in [9.17, 15) is 19.8 Å². The van der Waals surface area contributed by atoms with Crippen LogP contribution >= 0.6 is 0 Å². The van der Waals surface area contributed by atoms with Gasteiger partial charge in [0.05, 0.1) is 18.8 Å². The first-order chi connectivity index (χ1) is 17.5. The van der Waals surface area contributed by atoms with Crippen molar-refractivity contribution in [3.8, 4) is 11.5 Å². The van der Waals surface area contributed by atoms with E-state index in [2.05, 4.69) is 19.1 Å². The Morgan fingerprint density at radius 2 is 1.25 bits per heavy atom. The minimum Gasteiger partial charge on any atom is -0.490 e. The van der Waals surface area contributed by atoms with Gasteiger partial charge in [-0.2, -0.15) is 0 Å². The number of aryl methyl sites for hydroxylation is 1. The minimum atomic E-state index is -1.33. The van der Waals surface area contributed by atoms with Crippen molar-refractivity contribution in [3.63, 3.8) is 0 Å². The molecular weight excluding hydrogens is 456 g/mol. The average Bonchev–Trinajstić information content (AvgIpc) is 2.87. The molecule has 0 radical (unpaired) electrons. The second kappa shape index (κ2) is 17.4. The number of rotatable bonds is 20. The molecule has 0 atom stereocenters. The molecule has 36 heavy (non-hydrogen) atoms. The summed E-state index contributed by atoms with van der Waals surface area (Å²) in [5.41, 5.74) is 0.616. The molecule has 2 rings (SSSR count). The standard InChI is InChI=1S/C30H42O6/c1-2-3-4-5-6-7-8-9-10-15-23-36-28-26(21-20-25(29(31)32)27(28)30(33)34)35-22-16-14-19-24-17-12-11-13-18-24/h11-13,17-18,20-21H,2-10,14-16,19,22-23H2,1H3,(H,31,32)(H,33,34). The van der Waals surface area contributed by atoms with Crippen molar-refractivity contribution in [2.45, 2.75) is 90.4 Å². The molecule has 6 nitrogen and oxygen atoms in total. The fraction of sp³-hybridized carbons (Fsp3) is 0.533. The van der Waals surface area contributed by atoms with E-state index >= 15 is 0 Å². The summed E-state index contributed by atoms with van der Waals surface area (Å²) in [5.74, 6) is -2.34. The zero-order chi connectivity index (χ0) is 26.0. The zero-order valence-corrected chi connectivity index (χ0v) is 21.7. The van der Waals surface area contributed by atoms with Crippen LogP contribution in [0.5, 0.6) is 11.5 Å². The highest BCUT2D eigenvalue weighted by atomic mass is 16.5. The fourth-order valence-corrected chi connectivity index (χ4v) is 4.23. The van der Waals surface area contributed by atoms with Gasteiger partial charge < -0.3 is 19.7 Å². The first-order valence-electron chi connectivity index (χ1n) is 13.5. The molecule has 0 heterocycles. The number of benzene rings is 2. The highest BCUT2D eigenvalue weighted by Gasteiger charge is 2.25. The monoisotopic (exact) mass is 498 g/mol. The Morgan fingerprint density at radius 1 is 0.667 bits per heavy atom. The molecule has 0 amide bonds. The van der Waals surface area contributed by atoms with Crippen LogP contribution in [0.2, 0.25) is 0 Å². The minimum absolute atomic E-state index is 0.0152. The summed E-state index contributed by atoms with van der Waals surface area (Å²) in [6.07, 6.45) is 14.5. The van der Waals surface area contributed by atoms with Gasteiger partial charge in [-0.05, 0) is 43.4 Å². The highest BCUT2D eigenvalue weighted by molar-refractivity contribution is 6.04. The van der Waals surface area contributed by atoms with E-state index < -0.39 is 11.9 Å². The molecule has 0 bridgehead atoms. The number of carboxylic acid groups (broad SMARTS) is 2. The quantitative estimate of drug-likeness (QED) is 0.181. The van der Waals surface area contributed by atoms with Crippen LogP contribution in [0.25, 0.3) is 0 Å². The summed E-state index contributed by atoms with van der Waals surface area (Å²) in [6, 6.07) is 13.0. The van der Waals surface area contributed by atoms with Crippen LogP contribution in [-0.4, -0.2) is 35.4 Å². The molecular formula is C30H42O6. The number of aromatic carboxylic acids is 2. The van der Waals surface area contributed by atoms with Crippen LogP contribution in [0.3, 0.4) is 0 Å². The predicted octanol–water partition coefficient (Wildman–Crippen LogP) is 7.78. The van der Waals surface area contributed by atoms with Gasteiger partial charge in [-0.1, -0.05) is 95.0 Å². The SMILES string of the molecule is CCCCCCCCCCCCOc1c(OCCCCc2ccccc2)ccc(C(=O)O)c1C(=O)O.